The third-order valence-corrected chi connectivity index (χ3v) is 6.41. The van der Waals surface area contributed by atoms with Crippen LogP contribution in [0, 0.1) is 0 Å². The number of ether oxygens (including phenoxy) is 1. The summed E-state index contributed by atoms with van der Waals surface area (Å²) in [6, 6.07) is 11.7. The summed E-state index contributed by atoms with van der Waals surface area (Å²) >= 11 is 6.04. The fourth-order valence-electron chi connectivity index (χ4n) is 3.29. The smallest absolute Gasteiger partial charge is 0.410 e. The Balaban J connectivity index is 1.73. The first-order valence-electron chi connectivity index (χ1n) is 10.1. The van der Waals surface area contributed by atoms with Gasteiger partial charge in [0.25, 0.3) is 10.0 Å². The highest BCUT2D eigenvalue weighted by atomic mass is 35.5. The minimum Gasteiger partial charge on any atom is -0.444 e. The summed E-state index contributed by atoms with van der Waals surface area (Å²) in [5.41, 5.74) is -0.117. The minimum absolute atomic E-state index is 0.0364. The number of likely N-dealkylation sites (tertiary alicyclic amines) is 1. The molecule has 1 fully saturated rings. The van der Waals surface area contributed by atoms with Gasteiger partial charge in [-0.1, -0.05) is 29.8 Å². The number of hydrogen-bond donors (Lipinski definition) is 2. The van der Waals surface area contributed by atoms with Gasteiger partial charge in [0, 0.05) is 12.2 Å². The molecule has 1 saturated heterocycles. The summed E-state index contributed by atoms with van der Waals surface area (Å²) < 4.78 is 33.4. The first-order valence-corrected chi connectivity index (χ1v) is 12.0. The lowest BCUT2D eigenvalue weighted by atomic mass is 10.2. The number of sulfonamides is 1. The summed E-state index contributed by atoms with van der Waals surface area (Å²) in [4.78, 5) is 26.7. The summed E-state index contributed by atoms with van der Waals surface area (Å²) in [5.74, 6) is -0.401. The van der Waals surface area contributed by atoms with E-state index in [4.69, 9.17) is 16.3 Å². The number of nitrogens with one attached hydrogen (secondary N) is 2. The largest absolute Gasteiger partial charge is 0.444 e. The zero-order valence-corrected chi connectivity index (χ0v) is 19.7. The monoisotopic (exact) mass is 479 g/mol. The Morgan fingerprint density at radius 2 is 1.84 bits per heavy atom. The first kappa shape index (κ1) is 23.9. The van der Waals surface area contributed by atoms with E-state index in [-0.39, 0.29) is 15.6 Å². The predicted octanol–water partition coefficient (Wildman–Crippen LogP) is 4.48. The van der Waals surface area contributed by atoms with Gasteiger partial charge in [0.15, 0.2) is 0 Å². The van der Waals surface area contributed by atoms with E-state index in [1.807, 2.05) is 0 Å². The van der Waals surface area contributed by atoms with Gasteiger partial charge >= 0.3 is 6.09 Å². The Hall–Kier alpha value is -2.78. The number of hydrogen-bond acceptors (Lipinski definition) is 5. The Bertz CT molecular complexity index is 1110. The molecule has 1 aliphatic heterocycles. The van der Waals surface area contributed by atoms with Crippen molar-refractivity contribution in [2.45, 2.75) is 50.2 Å². The maximum atomic E-state index is 12.8. The van der Waals surface area contributed by atoms with Gasteiger partial charge in [-0.3, -0.25) is 14.4 Å². The van der Waals surface area contributed by atoms with E-state index in [1.165, 1.54) is 23.1 Å². The van der Waals surface area contributed by atoms with Crippen molar-refractivity contribution in [2.75, 3.05) is 16.6 Å². The van der Waals surface area contributed by atoms with E-state index in [0.29, 0.717) is 25.1 Å². The van der Waals surface area contributed by atoms with Crippen molar-refractivity contribution in [1.82, 2.24) is 4.90 Å². The second-order valence-electron chi connectivity index (χ2n) is 8.43. The molecule has 0 saturated carbocycles. The van der Waals surface area contributed by atoms with Crippen molar-refractivity contribution >= 4 is 45.0 Å². The molecule has 2 N–H and O–H groups in total. The van der Waals surface area contributed by atoms with Crippen LogP contribution < -0.4 is 10.0 Å². The average molecular weight is 480 g/mol. The van der Waals surface area contributed by atoms with E-state index in [1.54, 1.807) is 51.1 Å². The van der Waals surface area contributed by atoms with Crippen LogP contribution in [0.2, 0.25) is 5.02 Å². The van der Waals surface area contributed by atoms with Crippen LogP contribution in [0.3, 0.4) is 0 Å². The van der Waals surface area contributed by atoms with Crippen molar-refractivity contribution in [2.24, 2.45) is 0 Å². The van der Waals surface area contributed by atoms with Gasteiger partial charge in [-0.05, 0) is 63.9 Å². The van der Waals surface area contributed by atoms with Crippen LogP contribution in [0.1, 0.15) is 33.6 Å². The number of rotatable bonds is 5. The number of halogens is 1. The Kier molecular flexibility index (Phi) is 7.00. The zero-order valence-electron chi connectivity index (χ0n) is 18.1. The minimum atomic E-state index is -3.93. The third-order valence-electron chi connectivity index (χ3n) is 4.71. The molecule has 2 aromatic carbocycles. The number of anilines is 2. The SMILES string of the molecule is CC(C)(C)OC(=O)N1CCCC1C(=O)Nc1cccc(S(=O)(=O)Nc2ccccc2Cl)c1. The maximum Gasteiger partial charge on any atom is 0.410 e. The molecule has 1 atom stereocenters. The average Bonchev–Trinajstić information content (AvgIpc) is 3.19. The second kappa shape index (κ2) is 9.38. The highest BCUT2D eigenvalue weighted by molar-refractivity contribution is 7.92. The van der Waals surface area contributed by atoms with Crippen LogP contribution in [-0.2, 0) is 19.6 Å². The molecular weight excluding hydrogens is 454 g/mol. The highest BCUT2D eigenvalue weighted by Crippen LogP contribution is 2.26. The summed E-state index contributed by atoms with van der Waals surface area (Å²) in [6.45, 7) is 5.71. The van der Waals surface area contributed by atoms with Crippen LogP contribution in [-0.4, -0.2) is 43.5 Å². The maximum absolute atomic E-state index is 12.8. The highest BCUT2D eigenvalue weighted by Gasteiger charge is 2.36. The van der Waals surface area contributed by atoms with Crippen molar-refractivity contribution < 1.29 is 22.7 Å². The fourth-order valence-corrected chi connectivity index (χ4v) is 4.66. The van der Waals surface area contributed by atoms with Crippen molar-refractivity contribution in [3.63, 3.8) is 0 Å². The van der Waals surface area contributed by atoms with Gasteiger partial charge in [-0.2, -0.15) is 0 Å². The molecule has 1 heterocycles. The number of carbonyl (C=O) groups excluding carboxylic acids is 2. The zero-order chi connectivity index (χ0) is 23.5. The van der Waals surface area contributed by atoms with Crippen molar-refractivity contribution in [3.05, 3.63) is 53.6 Å². The van der Waals surface area contributed by atoms with Gasteiger partial charge in [-0.25, -0.2) is 13.2 Å². The lowest BCUT2D eigenvalue weighted by molar-refractivity contribution is -0.120. The van der Waals surface area contributed by atoms with Crippen molar-refractivity contribution in [1.29, 1.82) is 0 Å². The molecule has 0 radical (unpaired) electrons. The molecule has 10 heteroatoms. The molecular formula is C22H26ClN3O5S. The first-order chi connectivity index (χ1) is 15.0. The standard InChI is InChI=1S/C22H26ClN3O5S/c1-22(2,3)31-21(28)26-13-7-12-19(26)20(27)24-15-8-6-9-16(14-15)32(29,30)25-18-11-5-4-10-17(18)23/h4-6,8-11,14,19,25H,7,12-13H2,1-3H3,(H,24,27). The van der Waals surface area contributed by atoms with Crippen molar-refractivity contribution in [3.8, 4) is 0 Å². The van der Waals surface area contributed by atoms with Gasteiger partial charge in [0.1, 0.15) is 11.6 Å². The molecule has 2 aromatic rings. The van der Waals surface area contributed by atoms with Crippen LogP contribution >= 0.6 is 11.6 Å². The number of benzene rings is 2. The number of amides is 2. The van der Waals surface area contributed by atoms with E-state index in [0.717, 1.165) is 0 Å². The van der Waals surface area contributed by atoms with E-state index in [9.17, 15) is 18.0 Å². The summed E-state index contributed by atoms with van der Waals surface area (Å²) in [6.07, 6.45) is 0.625. The summed E-state index contributed by atoms with van der Waals surface area (Å²) in [5, 5.41) is 2.98. The molecule has 1 unspecified atom stereocenters. The fraction of sp³-hybridized carbons (Fsp3) is 0.364. The lowest BCUT2D eigenvalue weighted by Crippen LogP contribution is -2.45. The second-order valence-corrected chi connectivity index (χ2v) is 10.5. The Labute approximate surface area is 192 Å². The van der Waals surface area contributed by atoms with Gasteiger partial charge in [-0.15, -0.1) is 0 Å². The van der Waals surface area contributed by atoms with Crippen LogP contribution in [0.5, 0.6) is 0 Å². The normalized spacial score (nSPS) is 16.5. The number of nitrogens with zero attached hydrogens (tertiary/aromatic N) is 1. The van der Waals surface area contributed by atoms with E-state index in [2.05, 4.69) is 10.0 Å². The molecule has 8 nitrogen and oxygen atoms in total. The molecule has 0 aliphatic carbocycles. The van der Waals surface area contributed by atoms with Gasteiger partial charge < -0.3 is 10.1 Å². The van der Waals surface area contributed by atoms with Gasteiger partial charge in [0.2, 0.25) is 5.91 Å². The molecule has 0 bridgehead atoms. The Morgan fingerprint density at radius 3 is 2.53 bits per heavy atom. The quantitative estimate of drug-likeness (QED) is 0.657. The van der Waals surface area contributed by atoms with Crippen LogP contribution in [0.25, 0.3) is 0 Å². The molecule has 32 heavy (non-hydrogen) atoms. The van der Waals surface area contributed by atoms with E-state index < -0.39 is 33.7 Å². The lowest BCUT2D eigenvalue weighted by Gasteiger charge is -2.28. The summed E-state index contributed by atoms with van der Waals surface area (Å²) in [7, 11) is -3.93. The molecule has 0 spiro atoms. The predicted molar refractivity (Wildman–Crippen MR) is 123 cm³/mol. The van der Waals surface area contributed by atoms with Crippen LogP contribution in [0.15, 0.2) is 53.4 Å². The third kappa shape index (κ3) is 5.92. The Morgan fingerprint density at radius 1 is 1.12 bits per heavy atom. The topological polar surface area (TPSA) is 105 Å². The van der Waals surface area contributed by atoms with Crippen LogP contribution in [0.4, 0.5) is 16.2 Å². The van der Waals surface area contributed by atoms with E-state index >= 15 is 0 Å². The molecule has 3 rings (SSSR count). The number of carbonyl (C=O) groups is 2. The van der Waals surface area contributed by atoms with Gasteiger partial charge in [0.05, 0.1) is 15.6 Å². The molecule has 1 aliphatic rings. The molecule has 0 aromatic heterocycles. The molecule has 2 amide bonds. The molecule has 172 valence electrons. The number of para-hydroxylation sites is 1.